The molecule has 21 heavy (non-hydrogen) atoms. The molecule has 1 saturated heterocycles. The standard InChI is InChI=1S/C18H30O3/c1-3-5-7-8-9-10-11-13-15(12-6-4-2)16-14-17(19)21-18(16)20/h13,16H,3-12,14H2,1-2H3/b15-13+. The predicted molar refractivity (Wildman–Crippen MR) is 84.8 cm³/mol. The first-order valence-corrected chi connectivity index (χ1v) is 8.62. The second-order valence-corrected chi connectivity index (χ2v) is 5.99. The van der Waals surface area contributed by atoms with Crippen molar-refractivity contribution < 1.29 is 14.3 Å². The first kappa shape index (κ1) is 17.9. The Labute approximate surface area is 129 Å². The number of rotatable bonds is 11. The van der Waals surface area contributed by atoms with Crippen LogP contribution >= 0.6 is 0 Å². The normalized spacial score (nSPS) is 19.1. The molecule has 0 radical (unpaired) electrons. The van der Waals surface area contributed by atoms with Crippen molar-refractivity contribution in [3.8, 4) is 0 Å². The lowest BCUT2D eigenvalue weighted by atomic mass is 9.91. The molecule has 0 bridgehead atoms. The van der Waals surface area contributed by atoms with E-state index in [1.54, 1.807) is 0 Å². The molecule has 3 heteroatoms. The second-order valence-electron chi connectivity index (χ2n) is 5.99. The summed E-state index contributed by atoms with van der Waals surface area (Å²) in [5.74, 6) is -1.01. The molecule has 0 amide bonds. The van der Waals surface area contributed by atoms with Crippen LogP contribution in [-0.4, -0.2) is 11.9 Å². The van der Waals surface area contributed by atoms with Crippen LogP contribution in [0.15, 0.2) is 11.6 Å². The van der Waals surface area contributed by atoms with Crippen molar-refractivity contribution in [1.29, 1.82) is 0 Å². The monoisotopic (exact) mass is 294 g/mol. The molecule has 1 rings (SSSR count). The Morgan fingerprint density at radius 2 is 1.71 bits per heavy atom. The number of hydrogen-bond acceptors (Lipinski definition) is 3. The van der Waals surface area contributed by atoms with Gasteiger partial charge in [0.1, 0.15) is 0 Å². The van der Waals surface area contributed by atoms with E-state index in [1.165, 1.54) is 38.5 Å². The quantitative estimate of drug-likeness (QED) is 0.234. The van der Waals surface area contributed by atoms with Gasteiger partial charge in [0.25, 0.3) is 0 Å². The molecule has 0 aromatic rings. The van der Waals surface area contributed by atoms with E-state index in [0.717, 1.165) is 31.3 Å². The Bertz CT molecular complexity index is 357. The molecule has 1 heterocycles. The van der Waals surface area contributed by atoms with Crippen LogP contribution in [0.1, 0.15) is 84.5 Å². The summed E-state index contributed by atoms with van der Waals surface area (Å²) >= 11 is 0. The summed E-state index contributed by atoms with van der Waals surface area (Å²) in [6.45, 7) is 4.37. The van der Waals surface area contributed by atoms with Crippen molar-refractivity contribution in [1.82, 2.24) is 0 Å². The van der Waals surface area contributed by atoms with Crippen LogP contribution in [0.4, 0.5) is 0 Å². The zero-order valence-corrected chi connectivity index (χ0v) is 13.7. The van der Waals surface area contributed by atoms with Crippen LogP contribution in [0.2, 0.25) is 0 Å². The van der Waals surface area contributed by atoms with E-state index in [0.29, 0.717) is 0 Å². The Kier molecular flexibility index (Phi) is 9.04. The molecular weight excluding hydrogens is 264 g/mol. The van der Waals surface area contributed by atoms with Gasteiger partial charge in [0.15, 0.2) is 0 Å². The van der Waals surface area contributed by atoms with Crippen molar-refractivity contribution in [3.63, 3.8) is 0 Å². The number of allylic oxidation sites excluding steroid dienone is 1. The molecule has 0 aromatic heterocycles. The van der Waals surface area contributed by atoms with E-state index in [4.69, 9.17) is 0 Å². The Morgan fingerprint density at radius 1 is 1.05 bits per heavy atom. The number of ether oxygens (including phenoxy) is 1. The molecule has 120 valence electrons. The van der Waals surface area contributed by atoms with Crippen LogP contribution in [0.3, 0.4) is 0 Å². The molecule has 3 nitrogen and oxygen atoms in total. The summed E-state index contributed by atoms with van der Waals surface area (Å²) in [6.07, 6.45) is 14.2. The van der Waals surface area contributed by atoms with Gasteiger partial charge in [0.2, 0.25) is 0 Å². The third-order valence-corrected chi connectivity index (χ3v) is 4.10. The minimum absolute atomic E-state index is 0.241. The third-order valence-electron chi connectivity index (χ3n) is 4.10. The van der Waals surface area contributed by atoms with Crippen molar-refractivity contribution in [3.05, 3.63) is 11.6 Å². The molecule has 0 saturated carbocycles. The maximum absolute atomic E-state index is 11.7. The summed E-state index contributed by atoms with van der Waals surface area (Å²) < 4.78 is 4.69. The number of cyclic esters (lactones) is 2. The molecule has 0 spiro atoms. The number of hydrogen-bond donors (Lipinski definition) is 0. The number of esters is 2. The summed E-state index contributed by atoms with van der Waals surface area (Å²) in [5, 5.41) is 0. The lowest BCUT2D eigenvalue weighted by Gasteiger charge is -2.11. The smallest absolute Gasteiger partial charge is 0.321 e. The van der Waals surface area contributed by atoms with E-state index in [1.807, 2.05) is 0 Å². The highest BCUT2D eigenvalue weighted by molar-refractivity contribution is 5.96. The minimum atomic E-state index is -0.369. The van der Waals surface area contributed by atoms with Gasteiger partial charge in [0, 0.05) is 0 Å². The van der Waals surface area contributed by atoms with E-state index in [9.17, 15) is 9.59 Å². The van der Waals surface area contributed by atoms with Crippen LogP contribution in [-0.2, 0) is 14.3 Å². The van der Waals surface area contributed by atoms with E-state index >= 15 is 0 Å². The van der Waals surface area contributed by atoms with Gasteiger partial charge in [-0.1, -0.05) is 64.0 Å². The molecule has 1 fully saturated rings. The van der Waals surface area contributed by atoms with Gasteiger partial charge in [-0.25, -0.2) is 0 Å². The van der Waals surface area contributed by atoms with Gasteiger partial charge in [-0.2, -0.15) is 0 Å². The Morgan fingerprint density at radius 3 is 2.33 bits per heavy atom. The molecule has 1 unspecified atom stereocenters. The third kappa shape index (κ3) is 6.92. The highest BCUT2D eigenvalue weighted by Crippen LogP contribution is 2.28. The van der Waals surface area contributed by atoms with Crippen molar-refractivity contribution in [2.75, 3.05) is 0 Å². The number of carbonyl (C=O) groups excluding carboxylic acids is 2. The van der Waals surface area contributed by atoms with Crippen LogP contribution < -0.4 is 0 Å². The molecular formula is C18H30O3. The van der Waals surface area contributed by atoms with Crippen LogP contribution in [0, 0.1) is 5.92 Å². The van der Waals surface area contributed by atoms with E-state index < -0.39 is 0 Å². The fourth-order valence-electron chi connectivity index (χ4n) is 2.77. The van der Waals surface area contributed by atoms with Gasteiger partial charge in [-0.05, 0) is 25.7 Å². The SMILES string of the molecule is CCCCCCCC/C=C(\CCCC)C1CC(=O)OC1=O. The molecule has 0 N–H and O–H groups in total. The summed E-state index contributed by atoms with van der Waals surface area (Å²) in [7, 11) is 0. The van der Waals surface area contributed by atoms with Crippen LogP contribution in [0.5, 0.6) is 0 Å². The lowest BCUT2D eigenvalue weighted by molar-refractivity contribution is -0.152. The number of carbonyl (C=O) groups is 2. The lowest BCUT2D eigenvalue weighted by Crippen LogP contribution is -2.11. The summed E-state index contributed by atoms with van der Waals surface area (Å²) in [6, 6.07) is 0. The minimum Gasteiger partial charge on any atom is -0.393 e. The predicted octanol–water partition coefficient (Wildman–Crippen LogP) is 4.94. The average molecular weight is 294 g/mol. The van der Waals surface area contributed by atoms with Gasteiger partial charge < -0.3 is 4.74 Å². The van der Waals surface area contributed by atoms with Crippen molar-refractivity contribution in [2.45, 2.75) is 84.5 Å². The van der Waals surface area contributed by atoms with Crippen molar-refractivity contribution in [2.24, 2.45) is 5.92 Å². The topological polar surface area (TPSA) is 43.4 Å². The second kappa shape index (κ2) is 10.6. The summed E-state index contributed by atoms with van der Waals surface area (Å²) in [5.41, 5.74) is 1.13. The fourth-order valence-corrected chi connectivity index (χ4v) is 2.77. The fraction of sp³-hybridized carbons (Fsp3) is 0.778. The van der Waals surface area contributed by atoms with Gasteiger partial charge >= 0.3 is 11.9 Å². The largest absolute Gasteiger partial charge is 0.393 e. The van der Waals surface area contributed by atoms with Crippen LogP contribution in [0.25, 0.3) is 0 Å². The Hall–Kier alpha value is -1.12. The average Bonchev–Trinajstić information content (AvgIpc) is 2.80. The zero-order chi connectivity index (χ0) is 15.5. The maximum Gasteiger partial charge on any atom is 0.321 e. The Balaban J connectivity index is 2.39. The molecule has 0 aromatic carbocycles. The molecule has 1 atom stereocenters. The van der Waals surface area contributed by atoms with E-state index in [2.05, 4.69) is 24.7 Å². The maximum atomic E-state index is 11.7. The first-order chi connectivity index (χ1) is 10.2. The number of unbranched alkanes of at least 4 members (excludes halogenated alkanes) is 7. The molecule has 1 aliphatic heterocycles. The van der Waals surface area contributed by atoms with Gasteiger partial charge in [-0.15, -0.1) is 0 Å². The summed E-state index contributed by atoms with van der Waals surface area (Å²) in [4.78, 5) is 23.0. The van der Waals surface area contributed by atoms with Crippen molar-refractivity contribution >= 4 is 11.9 Å². The zero-order valence-electron chi connectivity index (χ0n) is 13.7. The highest BCUT2D eigenvalue weighted by atomic mass is 16.6. The van der Waals surface area contributed by atoms with Gasteiger partial charge in [-0.3, -0.25) is 9.59 Å². The van der Waals surface area contributed by atoms with Gasteiger partial charge in [0.05, 0.1) is 12.3 Å². The molecule has 1 aliphatic rings. The molecule has 0 aliphatic carbocycles. The van der Waals surface area contributed by atoms with E-state index in [-0.39, 0.29) is 24.3 Å². The highest BCUT2D eigenvalue weighted by Gasteiger charge is 2.35. The first-order valence-electron chi connectivity index (χ1n) is 8.62.